The van der Waals surface area contributed by atoms with E-state index in [0.717, 1.165) is 43.1 Å². The van der Waals surface area contributed by atoms with Crippen molar-refractivity contribution < 1.29 is 4.79 Å². The molecule has 1 aliphatic carbocycles. The molecule has 1 aliphatic heterocycles. The van der Waals surface area contributed by atoms with Crippen LogP contribution in [-0.4, -0.2) is 39.2 Å². The lowest BCUT2D eigenvalue weighted by molar-refractivity contribution is 0.206. The molecule has 2 aliphatic rings. The monoisotopic (exact) mass is 339 g/mol. The molecule has 1 atom stereocenters. The SMILES string of the molecule is Cc1ccc(CNC(=O)N2CCC(Cc3nc(C4CC4)n[nH]3)C2)cc1. The normalized spacial score (nSPS) is 20.0. The lowest BCUT2D eigenvalue weighted by atomic mass is 10.1. The van der Waals surface area contributed by atoms with Crippen molar-refractivity contribution in [3.8, 4) is 0 Å². The Hall–Kier alpha value is -2.37. The Bertz CT molecular complexity index is 735. The molecule has 0 radical (unpaired) electrons. The highest BCUT2D eigenvalue weighted by Crippen LogP contribution is 2.37. The fourth-order valence-corrected chi connectivity index (χ4v) is 3.38. The quantitative estimate of drug-likeness (QED) is 0.880. The summed E-state index contributed by atoms with van der Waals surface area (Å²) in [5, 5.41) is 10.4. The van der Waals surface area contributed by atoms with E-state index in [1.807, 2.05) is 4.90 Å². The van der Waals surface area contributed by atoms with E-state index >= 15 is 0 Å². The van der Waals surface area contributed by atoms with Gasteiger partial charge in [0.25, 0.3) is 0 Å². The van der Waals surface area contributed by atoms with E-state index in [4.69, 9.17) is 0 Å². The van der Waals surface area contributed by atoms with Crippen molar-refractivity contribution in [3.63, 3.8) is 0 Å². The Morgan fingerprint density at radius 2 is 2.08 bits per heavy atom. The van der Waals surface area contributed by atoms with Gasteiger partial charge < -0.3 is 10.2 Å². The molecule has 1 saturated heterocycles. The number of carbonyl (C=O) groups excluding carboxylic acids is 1. The summed E-state index contributed by atoms with van der Waals surface area (Å²) in [7, 11) is 0. The molecular formula is C19H25N5O. The van der Waals surface area contributed by atoms with Gasteiger partial charge in [0.05, 0.1) is 0 Å². The molecule has 132 valence electrons. The third-order valence-corrected chi connectivity index (χ3v) is 5.11. The summed E-state index contributed by atoms with van der Waals surface area (Å²) in [6.07, 6.45) is 4.34. The number of carbonyl (C=O) groups is 1. The number of hydrogen-bond donors (Lipinski definition) is 2. The maximum Gasteiger partial charge on any atom is 0.317 e. The third kappa shape index (κ3) is 4.00. The zero-order chi connectivity index (χ0) is 17.2. The molecular weight excluding hydrogens is 314 g/mol. The van der Waals surface area contributed by atoms with Gasteiger partial charge in [-0.3, -0.25) is 5.10 Å². The first-order valence-electron chi connectivity index (χ1n) is 9.17. The van der Waals surface area contributed by atoms with E-state index in [2.05, 4.69) is 51.7 Å². The number of amides is 2. The van der Waals surface area contributed by atoms with Crippen molar-refractivity contribution in [1.82, 2.24) is 25.4 Å². The largest absolute Gasteiger partial charge is 0.334 e. The minimum atomic E-state index is 0.0271. The average Bonchev–Trinajstić information content (AvgIpc) is 3.18. The molecule has 1 saturated carbocycles. The lowest BCUT2D eigenvalue weighted by Gasteiger charge is -2.17. The second-order valence-corrected chi connectivity index (χ2v) is 7.36. The van der Waals surface area contributed by atoms with Crippen molar-refractivity contribution in [2.75, 3.05) is 13.1 Å². The van der Waals surface area contributed by atoms with E-state index in [-0.39, 0.29) is 6.03 Å². The molecule has 1 aromatic heterocycles. The van der Waals surface area contributed by atoms with Crippen LogP contribution < -0.4 is 5.32 Å². The first kappa shape index (κ1) is 16.1. The predicted octanol–water partition coefficient (Wildman–Crippen LogP) is 2.76. The summed E-state index contributed by atoms with van der Waals surface area (Å²) in [5.74, 6) is 2.98. The Morgan fingerprint density at radius 3 is 2.84 bits per heavy atom. The fraction of sp³-hybridized carbons (Fsp3) is 0.526. The highest BCUT2D eigenvalue weighted by Gasteiger charge is 2.30. The van der Waals surface area contributed by atoms with Gasteiger partial charge in [-0.25, -0.2) is 9.78 Å². The molecule has 4 rings (SSSR count). The van der Waals surface area contributed by atoms with Crippen molar-refractivity contribution in [2.24, 2.45) is 5.92 Å². The molecule has 2 heterocycles. The van der Waals surface area contributed by atoms with Gasteiger partial charge in [-0.1, -0.05) is 29.8 Å². The molecule has 0 bridgehead atoms. The molecule has 1 aromatic carbocycles. The molecule has 6 heteroatoms. The van der Waals surface area contributed by atoms with Crippen LogP contribution in [0.1, 0.15) is 48.0 Å². The van der Waals surface area contributed by atoms with Gasteiger partial charge in [-0.05, 0) is 37.7 Å². The fourth-order valence-electron chi connectivity index (χ4n) is 3.38. The molecule has 6 nitrogen and oxygen atoms in total. The van der Waals surface area contributed by atoms with Crippen LogP contribution in [0.5, 0.6) is 0 Å². The van der Waals surface area contributed by atoms with Gasteiger partial charge in [0.2, 0.25) is 0 Å². The predicted molar refractivity (Wildman–Crippen MR) is 95.2 cm³/mol. The van der Waals surface area contributed by atoms with E-state index in [0.29, 0.717) is 18.4 Å². The van der Waals surface area contributed by atoms with Crippen LogP contribution >= 0.6 is 0 Å². The van der Waals surface area contributed by atoms with Crippen molar-refractivity contribution in [1.29, 1.82) is 0 Å². The second-order valence-electron chi connectivity index (χ2n) is 7.36. The summed E-state index contributed by atoms with van der Waals surface area (Å²) < 4.78 is 0. The molecule has 2 N–H and O–H groups in total. The van der Waals surface area contributed by atoms with Crippen LogP contribution in [0.15, 0.2) is 24.3 Å². The maximum atomic E-state index is 12.4. The number of likely N-dealkylation sites (tertiary alicyclic amines) is 1. The van der Waals surface area contributed by atoms with Gasteiger partial charge in [-0.2, -0.15) is 5.10 Å². The topological polar surface area (TPSA) is 73.9 Å². The number of benzene rings is 1. The highest BCUT2D eigenvalue weighted by molar-refractivity contribution is 5.74. The van der Waals surface area contributed by atoms with Gasteiger partial charge in [0, 0.05) is 32.0 Å². The Balaban J connectivity index is 1.24. The number of nitrogens with zero attached hydrogens (tertiary/aromatic N) is 3. The van der Waals surface area contributed by atoms with Crippen molar-refractivity contribution in [2.45, 2.75) is 45.1 Å². The van der Waals surface area contributed by atoms with E-state index < -0.39 is 0 Å². The van der Waals surface area contributed by atoms with Crippen LogP contribution in [0.3, 0.4) is 0 Å². The van der Waals surface area contributed by atoms with Gasteiger partial charge >= 0.3 is 6.03 Å². The Kier molecular flexibility index (Phi) is 4.42. The summed E-state index contributed by atoms with van der Waals surface area (Å²) in [6.45, 7) is 4.25. The number of aromatic nitrogens is 3. The Labute approximate surface area is 148 Å². The number of urea groups is 1. The molecule has 2 fully saturated rings. The molecule has 0 spiro atoms. The second kappa shape index (κ2) is 6.86. The zero-order valence-electron chi connectivity index (χ0n) is 14.7. The summed E-state index contributed by atoms with van der Waals surface area (Å²) in [4.78, 5) is 18.9. The van der Waals surface area contributed by atoms with Crippen LogP contribution in [0.2, 0.25) is 0 Å². The number of nitrogens with one attached hydrogen (secondary N) is 2. The van der Waals surface area contributed by atoms with Crippen LogP contribution in [0, 0.1) is 12.8 Å². The van der Waals surface area contributed by atoms with E-state index in [1.54, 1.807) is 0 Å². The van der Waals surface area contributed by atoms with Crippen molar-refractivity contribution >= 4 is 6.03 Å². The van der Waals surface area contributed by atoms with Crippen LogP contribution in [0.25, 0.3) is 0 Å². The number of aromatic amines is 1. The van der Waals surface area contributed by atoms with Crippen LogP contribution in [-0.2, 0) is 13.0 Å². The first-order valence-corrected chi connectivity index (χ1v) is 9.17. The summed E-state index contributed by atoms with van der Waals surface area (Å²) >= 11 is 0. The number of H-pyrrole nitrogens is 1. The van der Waals surface area contributed by atoms with Gasteiger partial charge in [-0.15, -0.1) is 0 Å². The highest BCUT2D eigenvalue weighted by atomic mass is 16.2. The van der Waals surface area contributed by atoms with Gasteiger partial charge in [0.1, 0.15) is 5.82 Å². The number of rotatable bonds is 5. The summed E-state index contributed by atoms with van der Waals surface area (Å²) in [5.41, 5.74) is 2.36. The molecule has 2 amide bonds. The van der Waals surface area contributed by atoms with Gasteiger partial charge in [0.15, 0.2) is 5.82 Å². The van der Waals surface area contributed by atoms with E-state index in [1.165, 1.54) is 18.4 Å². The average molecular weight is 339 g/mol. The summed E-state index contributed by atoms with van der Waals surface area (Å²) in [6, 6.07) is 8.29. The molecule has 2 aromatic rings. The minimum Gasteiger partial charge on any atom is -0.334 e. The van der Waals surface area contributed by atoms with E-state index in [9.17, 15) is 4.79 Å². The standard InChI is InChI=1S/C19H25N5O/c1-13-2-4-14(5-3-13)11-20-19(25)24-9-8-15(12-24)10-17-21-18(23-22-17)16-6-7-16/h2-5,15-16H,6-12H2,1H3,(H,20,25)(H,21,22,23). The van der Waals surface area contributed by atoms with Crippen LogP contribution in [0.4, 0.5) is 4.79 Å². The maximum absolute atomic E-state index is 12.4. The number of hydrogen-bond acceptors (Lipinski definition) is 3. The number of aryl methyl sites for hydroxylation is 1. The first-order chi connectivity index (χ1) is 12.2. The molecule has 25 heavy (non-hydrogen) atoms. The smallest absolute Gasteiger partial charge is 0.317 e. The Morgan fingerprint density at radius 1 is 1.28 bits per heavy atom. The molecule has 1 unspecified atom stereocenters. The van der Waals surface area contributed by atoms with Crippen molar-refractivity contribution in [3.05, 3.63) is 47.0 Å². The zero-order valence-corrected chi connectivity index (χ0v) is 14.7. The third-order valence-electron chi connectivity index (χ3n) is 5.11. The lowest BCUT2D eigenvalue weighted by Crippen LogP contribution is -2.38. The minimum absolute atomic E-state index is 0.0271.